The summed E-state index contributed by atoms with van der Waals surface area (Å²) in [5.74, 6) is 0.923. The van der Waals surface area contributed by atoms with Gasteiger partial charge in [0.25, 0.3) is 5.91 Å². The van der Waals surface area contributed by atoms with Crippen molar-refractivity contribution in [2.45, 2.75) is 37.6 Å². The minimum atomic E-state index is 0.0474. The fourth-order valence-electron chi connectivity index (χ4n) is 5.03. The summed E-state index contributed by atoms with van der Waals surface area (Å²) in [5, 5.41) is 8.07. The third-order valence-electron chi connectivity index (χ3n) is 6.44. The van der Waals surface area contributed by atoms with Gasteiger partial charge in [-0.1, -0.05) is 36.6 Å². The molecular weight excluding hydrogens is 384 g/mol. The molecule has 2 aromatic heterocycles. The zero-order valence-electron chi connectivity index (χ0n) is 16.1. The van der Waals surface area contributed by atoms with Crippen LogP contribution >= 0.6 is 11.6 Å². The number of likely N-dealkylation sites (tertiary alicyclic amines) is 1. The van der Waals surface area contributed by atoms with Gasteiger partial charge in [0.2, 0.25) is 0 Å². The van der Waals surface area contributed by atoms with Crippen LogP contribution in [0, 0.1) is 5.92 Å². The monoisotopic (exact) mass is 406 g/mol. The fraction of sp³-hybridized carbons (Fsp3) is 0.348. The lowest BCUT2D eigenvalue weighted by molar-refractivity contribution is 0.0684. The number of hydrogen-bond acceptors (Lipinski definition) is 3. The van der Waals surface area contributed by atoms with Gasteiger partial charge >= 0.3 is 0 Å². The van der Waals surface area contributed by atoms with Crippen LogP contribution in [0.15, 0.2) is 54.9 Å². The number of carbonyl (C=O) groups excluding carboxylic acids is 1. The van der Waals surface area contributed by atoms with E-state index in [1.807, 2.05) is 30.3 Å². The highest BCUT2D eigenvalue weighted by molar-refractivity contribution is 6.30. The van der Waals surface area contributed by atoms with Crippen molar-refractivity contribution in [3.63, 3.8) is 0 Å². The minimum absolute atomic E-state index is 0.0474. The van der Waals surface area contributed by atoms with Crippen LogP contribution in [0.4, 0.5) is 0 Å². The first-order chi connectivity index (χ1) is 14.2. The van der Waals surface area contributed by atoms with Gasteiger partial charge in [-0.3, -0.25) is 14.9 Å². The molecule has 1 aromatic carbocycles. The van der Waals surface area contributed by atoms with Crippen molar-refractivity contribution in [1.29, 1.82) is 0 Å². The summed E-state index contributed by atoms with van der Waals surface area (Å²) in [6, 6.07) is 14.1. The zero-order valence-corrected chi connectivity index (χ0v) is 16.8. The number of halogens is 1. The fourth-order valence-corrected chi connectivity index (χ4v) is 5.16. The predicted molar refractivity (Wildman–Crippen MR) is 113 cm³/mol. The number of aromatic nitrogens is 3. The topological polar surface area (TPSA) is 61.9 Å². The van der Waals surface area contributed by atoms with Gasteiger partial charge in [0.05, 0.1) is 5.69 Å². The molecule has 0 bridgehead atoms. The van der Waals surface area contributed by atoms with Gasteiger partial charge in [0, 0.05) is 41.5 Å². The highest BCUT2D eigenvalue weighted by Gasteiger charge is 2.45. The highest BCUT2D eigenvalue weighted by Crippen LogP contribution is 2.45. The van der Waals surface area contributed by atoms with Crippen molar-refractivity contribution in [2.75, 3.05) is 6.54 Å². The molecule has 3 heterocycles. The third kappa shape index (κ3) is 3.44. The number of benzene rings is 1. The Morgan fingerprint density at radius 2 is 1.83 bits per heavy atom. The molecule has 1 amide bonds. The maximum absolute atomic E-state index is 13.4. The molecule has 6 heteroatoms. The van der Waals surface area contributed by atoms with E-state index in [1.165, 1.54) is 24.8 Å². The van der Waals surface area contributed by atoms with Crippen molar-refractivity contribution in [3.05, 3.63) is 71.1 Å². The van der Waals surface area contributed by atoms with E-state index in [1.54, 1.807) is 12.4 Å². The van der Waals surface area contributed by atoms with Crippen molar-refractivity contribution < 1.29 is 4.79 Å². The maximum atomic E-state index is 13.4. The van der Waals surface area contributed by atoms with Crippen LogP contribution in [0.25, 0.3) is 11.3 Å². The SMILES string of the molecule is O=C(c1cc(-c2ccncc2)n[nH]1)N1CC(c2ccc(Cl)cc2)C2CCCCC21. The molecule has 1 N–H and O–H groups in total. The molecule has 1 aliphatic carbocycles. The van der Waals surface area contributed by atoms with E-state index in [-0.39, 0.29) is 5.91 Å². The summed E-state index contributed by atoms with van der Waals surface area (Å²) in [5.41, 5.74) is 3.55. The van der Waals surface area contributed by atoms with Crippen molar-refractivity contribution in [3.8, 4) is 11.3 Å². The number of aromatic amines is 1. The Labute approximate surface area is 175 Å². The number of nitrogens with one attached hydrogen (secondary N) is 1. The van der Waals surface area contributed by atoms with E-state index in [9.17, 15) is 4.79 Å². The largest absolute Gasteiger partial charge is 0.333 e. The average Bonchev–Trinajstić information content (AvgIpc) is 3.40. The summed E-state index contributed by atoms with van der Waals surface area (Å²) in [4.78, 5) is 19.5. The van der Waals surface area contributed by atoms with Gasteiger partial charge in [-0.25, -0.2) is 0 Å². The molecule has 1 saturated heterocycles. The number of nitrogens with zero attached hydrogens (tertiary/aromatic N) is 3. The lowest BCUT2D eigenvalue weighted by atomic mass is 9.77. The number of pyridine rings is 1. The van der Waals surface area contributed by atoms with Gasteiger partial charge in [-0.2, -0.15) is 5.10 Å². The van der Waals surface area contributed by atoms with Crippen LogP contribution in [-0.4, -0.2) is 38.6 Å². The molecule has 5 nitrogen and oxygen atoms in total. The molecule has 0 radical (unpaired) electrons. The van der Waals surface area contributed by atoms with Crippen LogP contribution in [0.1, 0.15) is 47.7 Å². The molecule has 5 rings (SSSR count). The average molecular weight is 407 g/mol. The Morgan fingerprint density at radius 1 is 1.07 bits per heavy atom. The van der Waals surface area contributed by atoms with E-state index in [0.29, 0.717) is 23.6 Å². The Bertz CT molecular complexity index is 1000. The summed E-state index contributed by atoms with van der Waals surface area (Å²) < 4.78 is 0. The second-order valence-electron chi connectivity index (χ2n) is 8.03. The van der Waals surface area contributed by atoms with E-state index in [0.717, 1.165) is 29.2 Å². The lowest BCUT2D eigenvalue weighted by Crippen LogP contribution is -2.39. The molecule has 148 valence electrons. The maximum Gasteiger partial charge on any atom is 0.272 e. The Morgan fingerprint density at radius 3 is 2.62 bits per heavy atom. The lowest BCUT2D eigenvalue weighted by Gasteiger charge is -2.32. The predicted octanol–water partition coefficient (Wildman–Crippen LogP) is 4.92. The number of H-pyrrole nitrogens is 1. The number of hydrogen-bond donors (Lipinski definition) is 1. The second kappa shape index (κ2) is 7.64. The quantitative estimate of drug-likeness (QED) is 0.671. The van der Waals surface area contributed by atoms with Crippen LogP contribution in [-0.2, 0) is 0 Å². The summed E-state index contributed by atoms with van der Waals surface area (Å²) in [7, 11) is 0. The van der Waals surface area contributed by atoms with Crippen LogP contribution in [0.5, 0.6) is 0 Å². The van der Waals surface area contributed by atoms with E-state index in [4.69, 9.17) is 11.6 Å². The molecule has 1 aliphatic heterocycles. The molecule has 3 atom stereocenters. The van der Waals surface area contributed by atoms with E-state index >= 15 is 0 Å². The second-order valence-corrected chi connectivity index (χ2v) is 8.47. The van der Waals surface area contributed by atoms with Crippen LogP contribution in [0.3, 0.4) is 0 Å². The molecular formula is C23H23ClN4O. The first-order valence-corrected chi connectivity index (χ1v) is 10.6. The summed E-state index contributed by atoms with van der Waals surface area (Å²) >= 11 is 6.09. The standard InChI is InChI=1S/C23H23ClN4O/c24-17-7-5-15(6-8-17)19-14-28(22-4-2-1-3-18(19)22)23(29)21-13-20(26-27-21)16-9-11-25-12-10-16/h5-13,18-19,22H,1-4,14H2,(H,26,27). The third-order valence-corrected chi connectivity index (χ3v) is 6.69. The van der Waals surface area contributed by atoms with Gasteiger partial charge < -0.3 is 4.90 Å². The molecule has 3 aromatic rings. The van der Waals surface area contributed by atoms with Crippen molar-refractivity contribution >= 4 is 17.5 Å². The zero-order chi connectivity index (χ0) is 19.8. The van der Waals surface area contributed by atoms with Gasteiger partial charge in [-0.15, -0.1) is 0 Å². The summed E-state index contributed by atoms with van der Waals surface area (Å²) in [6.45, 7) is 0.749. The molecule has 0 spiro atoms. The normalized spacial score (nSPS) is 23.8. The van der Waals surface area contributed by atoms with E-state index in [2.05, 4.69) is 32.2 Å². The van der Waals surface area contributed by atoms with Crippen LogP contribution < -0.4 is 0 Å². The Hall–Kier alpha value is -2.66. The van der Waals surface area contributed by atoms with E-state index < -0.39 is 0 Å². The summed E-state index contributed by atoms with van der Waals surface area (Å²) in [6.07, 6.45) is 8.14. The smallest absolute Gasteiger partial charge is 0.272 e. The molecule has 3 unspecified atom stereocenters. The van der Waals surface area contributed by atoms with Gasteiger partial charge in [-0.05, 0) is 54.7 Å². The Balaban J connectivity index is 1.42. The highest BCUT2D eigenvalue weighted by atomic mass is 35.5. The molecule has 29 heavy (non-hydrogen) atoms. The number of carbonyl (C=O) groups is 1. The first kappa shape index (κ1) is 18.4. The first-order valence-electron chi connectivity index (χ1n) is 10.2. The van der Waals surface area contributed by atoms with Crippen molar-refractivity contribution in [1.82, 2.24) is 20.1 Å². The minimum Gasteiger partial charge on any atom is -0.333 e. The van der Waals surface area contributed by atoms with Crippen LogP contribution in [0.2, 0.25) is 5.02 Å². The van der Waals surface area contributed by atoms with Gasteiger partial charge in [0.15, 0.2) is 0 Å². The number of amides is 1. The number of rotatable bonds is 3. The Kier molecular flexibility index (Phi) is 4.84. The molecule has 2 aliphatic rings. The molecule has 1 saturated carbocycles. The number of fused-ring (bicyclic) bond motifs is 1. The molecule has 2 fully saturated rings. The van der Waals surface area contributed by atoms with Crippen molar-refractivity contribution in [2.24, 2.45) is 5.92 Å². The van der Waals surface area contributed by atoms with Gasteiger partial charge in [0.1, 0.15) is 5.69 Å².